The van der Waals surface area contributed by atoms with Crippen LogP contribution in [0.25, 0.3) is 10.9 Å². The van der Waals surface area contributed by atoms with Crippen molar-refractivity contribution in [3.05, 3.63) is 35.5 Å². The molecule has 0 amide bonds. The van der Waals surface area contributed by atoms with Gasteiger partial charge in [-0.2, -0.15) is 9.98 Å². The van der Waals surface area contributed by atoms with Gasteiger partial charge in [0, 0.05) is 5.39 Å². The average molecular weight is 322 g/mol. The van der Waals surface area contributed by atoms with Gasteiger partial charge in [-0.05, 0) is 49.6 Å². The number of hydrogen-bond acceptors (Lipinski definition) is 4. The molecule has 0 unspecified atom stereocenters. The molecule has 1 N–H and O–H groups in total. The van der Waals surface area contributed by atoms with Crippen LogP contribution in [-0.4, -0.2) is 18.9 Å². The van der Waals surface area contributed by atoms with Gasteiger partial charge < -0.3 is 0 Å². The smallest absolute Gasteiger partial charge is 0.236 e. The first-order valence-electron chi connectivity index (χ1n) is 6.46. The predicted octanol–water partition coefficient (Wildman–Crippen LogP) is 2.61. The van der Waals surface area contributed by atoms with Crippen molar-refractivity contribution in [2.45, 2.75) is 29.7 Å². The van der Waals surface area contributed by atoms with Crippen LogP contribution in [0.3, 0.4) is 0 Å². The third-order valence-corrected chi connectivity index (χ3v) is 5.43. The first kappa shape index (κ1) is 14.3. The first-order valence-corrected chi connectivity index (χ1v) is 8.32. The van der Waals surface area contributed by atoms with Crippen LogP contribution in [0.5, 0.6) is 0 Å². The van der Waals surface area contributed by atoms with Crippen molar-refractivity contribution in [2.24, 2.45) is 0 Å². The second-order valence-corrected chi connectivity index (χ2v) is 7.21. The topological polar surface area (TPSA) is 82.9 Å². The van der Waals surface area contributed by atoms with Gasteiger partial charge in [-0.15, -0.1) is 0 Å². The largest absolute Gasteiger partial charge is 0.241 e. The van der Waals surface area contributed by atoms with Gasteiger partial charge in [0.1, 0.15) is 10.7 Å². The van der Waals surface area contributed by atoms with Crippen LogP contribution in [0.2, 0.25) is 5.15 Å². The molecule has 1 aliphatic carbocycles. The lowest BCUT2D eigenvalue weighted by Gasteiger charge is -2.35. The summed E-state index contributed by atoms with van der Waals surface area (Å²) in [5.41, 5.74) is -0.327. The van der Waals surface area contributed by atoms with Crippen LogP contribution in [-0.2, 0) is 10.0 Å². The molecule has 5 nitrogen and oxygen atoms in total. The molecule has 2 aromatic rings. The summed E-state index contributed by atoms with van der Waals surface area (Å²) in [5.74, 6) is 0. The summed E-state index contributed by atoms with van der Waals surface area (Å²) >= 11 is 5.80. The second-order valence-electron chi connectivity index (χ2n) is 5.14. The Balaban J connectivity index is 1.99. The van der Waals surface area contributed by atoms with E-state index in [9.17, 15) is 8.42 Å². The van der Waals surface area contributed by atoms with Gasteiger partial charge in [0.25, 0.3) is 0 Å². The molecule has 1 heterocycles. The second kappa shape index (κ2) is 4.95. The van der Waals surface area contributed by atoms with E-state index in [0.717, 1.165) is 6.42 Å². The fourth-order valence-electron chi connectivity index (χ4n) is 2.33. The number of halogens is 1. The number of nitriles is 1. The van der Waals surface area contributed by atoms with Gasteiger partial charge in [-0.1, -0.05) is 11.6 Å². The highest BCUT2D eigenvalue weighted by Gasteiger charge is 2.41. The van der Waals surface area contributed by atoms with Gasteiger partial charge in [-0.25, -0.2) is 13.4 Å². The molecule has 0 saturated heterocycles. The molecule has 0 bridgehead atoms. The van der Waals surface area contributed by atoms with Crippen molar-refractivity contribution in [1.29, 1.82) is 5.26 Å². The molecule has 0 radical (unpaired) electrons. The molecule has 1 saturated carbocycles. The van der Waals surface area contributed by atoms with Gasteiger partial charge in [-0.3, -0.25) is 0 Å². The summed E-state index contributed by atoms with van der Waals surface area (Å²) in [6, 6.07) is 10.00. The lowest BCUT2D eigenvalue weighted by molar-refractivity contribution is 0.296. The van der Waals surface area contributed by atoms with E-state index in [2.05, 4.69) is 15.8 Å². The maximum atomic E-state index is 12.4. The molecular weight excluding hydrogens is 310 g/mol. The van der Waals surface area contributed by atoms with E-state index in [1.165, 1.54) is 12.1 Å². The zero-order chi connectivity index (χ0) is 15.1. The van der Waals surface area contributed by atoms with Gasteiger partial charge in [0.05, 0.1) is 16.5 Å². The van der Waals surface area contributed by atoms with E-state index < -0.39 is 15.6 Å². The van der Waals surface area contributed by atoms with E-state index in [0.29, 0.717) is 28.9 Å². The Morgan fingerprint density at radius 2 is 2.05 bits per heavy atom. The molecule has 7 heteroatoms. The minimum absolute atomic E-state index is 0.126. The molecular formula is C14H12ClN3O2S. The minimum atomic E-state index is -3.73. The number of fused-ring (bicyclic) bond motifs is 1. The Morgan fingerprint density at radius 1 is 1.29 bits per heavy atom. The first-order chi connectivity index (χ1) is 9.94. The quantitative estimate of drug-likeness (QED) is 0.881. The summed E-state index contributed by atoms with van der Waals surface area (Å²) in [5, 5.41) is 10.2. The molecule has 1 aromatic carbocycles. The molecule has 1 aromatic heterocycles. The number of benzene rings is 1. The molecule has 0 atom stereocenters. The average Bonchev–Trinajstić information content (AvgIpc) is 2.42. The van der Waals surface area contributed by atoms with Crippen LogP contribution in [0.15, 0.2) is 35.2 Å². The van der Waals surface area contributed by atoms with Crippen molar-refractivity contribution >= 4 is 32.5 Å². The predicted molar refractivity (Wildman–Crippen MR) is 79.3 cm³/mol. The van der Waals surface area contributed by atoms with Crippen LogP contribution in [0.1, 0.15) is 19.3 Å². The lowest BCUT2D eigenvalue weighted by Crippen LogP contribution is -2.52. The van der Waals surface area contributed by atoms with E-state index >= 15 is 0 Å². The molecule has 3 rings (SSSR count). The zero-order valence-electron chi connectivity index (χ0n) is 11.0. The van der Waals surface area contributed by atoms with E-state index in [4.69, 9.17) is 16.9 Å². The van der Waals surface area contributed by atoms with Gasteiger partial charge in [0.2, 0.25) is 10.0 Å². The minimum Gasteiger partial charge on any atom is -0.236 e. The SMILES string of the molecule is N#CC1(NS(=O)(=O)c2ccc3nc(Cl)ccc3c2)CCC1. The van der Waals surface area contributed by atoms with Crippen molar-refractivity contribution in [1.82, 2.24) is 9.71 Å². The molecule has 1 aliphatic rings. The zero-order valence-corrected chi connectivity index (χ0v) is 12.6. The Labute approximate surface area is 127 Å². The number of hydrogen-bond donors (Lipinski definition) is 1. The van der Waals surface area contributed by atoms with Gasteiger partial charge >= 0.3 is 0 Å². The van der Waals surface area contributed by atoms with Crippen molar-refractivity contribution < 1.29 is 8.42 Å². The molecule has 21 heavy (non-hydrogen) atoms. The Hall–Kier alpha value is -1.68. The maximum Gasteiger partial charge on any atom is 0.241 e. The van der Waals surface area contributed by atoms with Crippen LogP contribution < -0.4 is 4.72 Å². The van der Waals surface area contributed by atoms with Crippen LogP contribution in [0.4, 0.5) is 0 Å². The summed E-state index contributed by atoms with van der Waals surface area (Å²) in [6.45, 7) is 0. The monoisotopic (exact) mass is 321 g/mol. The number of pyridine rings is 1. The number of sulfonamides is 1. The van der Waals surface area contributed by atoms with E-state index in [1.54, 1.807) is 18.2 Å². The standard InChI is InChI=1S/C14H12ClN3O2S/c15-13-5-2-10-8-11(3-4-12(10)17-13)21(19,20)18-14(9-16)6-1-7-14/h2-5,8,18H,1,6-7H2. The molecule has 0 aliphatic heterocycles. The van der Waals surface area contributed by atoms with Crippen LogP contribution in [0, 0.1) is 11.3 Å². The number of rotatable bonds is 3. The Bertz CT molecular complexity index is 854. The fourth-order valence-corrected chi connectivity index (χ4v) is 3.89. The lowest BCUT2D eigenvalue weighted by atomic mass is 9.79. The van der Waals surface area contributed by atoms with Crippen molar-refractivity contribution in [2.75, 3.05) is 0 Å². The summed E-state index contributed by atoms with van der Waals surface area (Å²) in [4.78, 5) is 4.24. The highest BCUT2D eigenvalue weighted by Crippen LogP contribution is 2.33. The van der Waals surface area contributed by atoms with Crippen molar-refractivity contribution in [3.63, 3.8) is 0 Å². The fraction of sp³-hybridized carbons (Fsp3) is 0.286. The summed E-state index contributed by atoms with van der Waals surface area (Å²) in [6.07, 6.45) is 1.96. The molecule has 0 spiro atoms. The molecule has 1 fully saturated rings. The van der Waals surface area contributed by atoms with Crippen LogP contribution >= 0.6 is 11.6 Å². The van der Waals surface area contributed by atoms with Gasteiger partial charge in [0.15, 0.2) is 0 Å². The number of aromatic nitrogens is 1. The van der Waals surface area contributed by atoms with E-state index in [-0.39, 0.29) is 4.90 Å². The number of nitrogens with one attached hydrogen (secondary N) is 1. The Kier molecular flexibility index (Phi) is 3.36. The summed E-state index contributed by atoms with van der Waals surface area (Å²) in [7, 11) is -3.73. The van der Waals surface area contributed by atoms with Crippen molar-refractivity contribution in [3.8, 4) is 6.07 Å². The normalized spacial score (nSPS) is 17.1. The van der Waals surface area contributed by atoms with E-state index in [1.807, 2.05) is 0 Å². The maximum absolute atomic E-state index is 12.4. The Morgan fingerprint density at radius 3 is 2.67 bits per heavy atom. The third-order valence-electron chi connectivity index (χ3n) is 3.69. The third kappa shape index (κ3) is 2.60. The highest BCUT2D eigenvalue weighted by atomic mass is 35.5. The summed E-state index contributed by atoms with van der Waals surface area (Å²) < 4.78 is 27.3. The number of nitrogens with zero attached hydrogens (tertiary/aromatic N) is 2. The molecule has 108 valence electrons. The highest BCUT2D eigenvalue weighted by molar-refractivity contribution is 7.89.